The van der Waals surface area contributed by atoms with Gasteiger partial charge in [0.05, 0.1) is 6.61 Å². The van der Waals surface area contributed by atoms with E-state index in [-0.39, 0.29) is 18.0 Å². The van der Waals surface area contributed by atoms with E-state index in [1.807, 2.05) is 39.1 Å². The maximum Gasteiger partial charge on any atom is 0.170 e. The maximum absolute atomic E-state index is 9.31. The van der Waals surface area contributed by atoms with Gasteiger partial charge in [-0.05, 0) is 32.5 Å². The zero-order chi connectivity index (χ0) is 13.8. The smallest absolute Gasteiger partial charge is 0.170 e. The van der Waals surface area contributed by atoms with Crippen molar-refractivity contribution in [3.05, 3.63) is 35.4 Å². The highest BCUT2D eigenvalue weighted by Gasteiger charge is 2.22. The molecule has 0 spiro atoms. The van der Waals surface area contributed by atoms with Gasteiger partial charge in [-0.1, -0.05) is 23.4 Å². The first-order valence-electron chi connectivity index (χ1n) is 5.79. The number of likely N-dealkylation sites (N-methyl/N-ethyl adjacent to an activating group) is 1. The fraction of sp³-hybridized carbons (Fsp3) is 0.462. The Kier molecular flexibility index (Phi) is 4.69. The number of oxime groups is 1. The zero-order valence-corrected chi connectivity index (χ0v) is 11.1. The SMILES string of the molecule is CN(Cc1cccc(/C(N)=N/O)c1)C(C)(C)CO. The Morgan fingerprint density at radius 3 is 2.67 bits per heavy atom. The van der Waals surface area contributed by atoms with E-state index in [9.17, 15) is 5.11 Å². The molecule has 0 saturated carbocycles. The molecular weight excluding hydrogens is 230 g/mol. The minimum absolute atomic E-state index is 0.0867. The molecule has 0 heterocycles. The summed E-state index contributed by atoms with van der Waals surface area (Å²) in [6.07, 6.45) is 0. The molecule has 0 bridgehead atoms. The molecule has 1 aromatic carbocycles. The molecule has 0 aliphatic heterocycles. The number of hydrogen-bond acceptors (Lipinski definition) is 4. The van der Waals surface area contributed by atoms with Crippen LogP contribution < -0.4 is 5.73 Å². The van der Waals surface area contributed by atoms with Crippen molar-refractivity contribution in [2.24, 2.45) is 10.9 Å². The normalized spacial score (nSPS) is 13.1. The largest absolute Gasteiger partial charge is 0.409 e. The molecule has 0 aromatic heterocycles. The van der Waals surface area contributed by atoms with E-state index in [0.717, 1.165) is 5.56 Å². The molecule has 0 aliphatic carbocycles. The van der Waals surface area contributed by atoms with Crippen LogP contribution in [0.4, 0.5) is 0 Å². The van der Waals surface area contributed by atoms with Gasteiger partial charge in [0.25, 0.3) is 0 Å². The molecular formula is C13H21N3O2. The summed E-state index contributed by atoms with van der Waals surface area (Å²) < 4.78 is 0. The van der Waals surface area contributed by atoms with Gasteiger partial charge in [0.2, 0.25) is 0 Å². The van der Waals surface area contributed by atoms with Crippen molar-refractivity contribution < 1.29 is 10.3 Å². The second kappa shape index (κ2) is 5.84. The lowest BCUT2D eigenvalue weighted by atomic mass is 10.0. The van der Waals surface area contributed by atoms with Crippen LogP contribution in [0.3, 0.4) is 0 Å². The first kappa shape index (κ1) is 14.5. The molecule has 100 valence electrons. The summed E-state index contributed by atoms with van der Waals surface area (Å²) in [6, 6.07) is 7.50. The van der Waals surface area contributed by atoms with Crippen molar-refractivity contribution in [1.82, 2.24) is 4.90 Å². The molecule has 1 aromatic rings. The highest BCUT2D eigenvalue weighted by molar-refractivity contribution is 5.97. The van der Waals surface area contributed by atoms with E-state index in [2.05, 4.69) is 10.1 Å². The third-order valence-electron chi connectivity index (χ3n) is 3.17. The van der Waals surface area contributed by atoms with Gasteiger partial charge >= 0.3 is 0 Å². The van der Waals surface area contributed by atoms with E-state index in [1.165, 1.54) is 0 Å². The van der Waals surface area contributed by atoms with E-state index < -0.39 is 0 Å². The van der Waals surface area contributed by atoms with Gasteiger partial charge in [0.1, 0.15) is 0 Å². The van der Waals surface area contributed by atoms with Crippen LogP contribution in [0.15, 0.2) is 29.4 Å². The average molecular weight is 251 g/mol. The number of amidine groups is 1. The molecule has 0 atom stereocenters. The summed E-state index contributed by atoms with van der Waals surface area (Å²) >= 11 is 0. The van der Waals surface area contributed by atoms with Gasteiger partial charge in [0.15, 0.2) is 5.84 Å². The second-order valence-electron chi connectivity index (χ2n) is 5.01. The van der Waals surface area contributed by atoms with Crippen molar-refractivity contribution >= 4 is 5.84 Å². The van der Waals surface area contributed by atoms with Crippen LogP contribution in [0.2, 0.25) is 0 Å². The molecule has 0 aliphatic rings. The summed E-state index contributed by atoms with van der Waals surface area (Å²) in [5.74, 6) is 0.0981. The number of rotatable bonds is 5. The fourth-order valence-corrected chi connectivity index (χ4v) is 1.50. The van der Waals surface area contributed by atoms with Crippen LogP contribution in [0.5, 0.6) is 0 Å². The van der Waals surface area contributed by atoms with Gasteiger partial charge in [-0.25, -0.2) is 0 Å². The number of hydrogen-bond donors (Lipinski definition) is 3. The quantitative estimate of drug-likeness (QED) is 0.315. The summed E-state index contributed by atoms with van der Waals surface area (Å²) in [7, 11) is 1.95. The minimum Gasteiger partial charge on any atom is -0.409 e. The summed E-state index contributed by atoms with van der Waals surface area (Å²) in [4.78, 5) is 2.05. The van der Waals surface area contributed by atoms with Crippen LogP contribution in [0, 0.1) is 0 Å². The second-order valence-corrected chi connectivity index (χ2v) is 5.01. The fourth-order valence-electron chi connectivity index (χ4n) is 1.50. The Labute approximate surface area is 108 Å². The monoisotopic (exact) mass is 251 g/mol. The Bertz CT molecular complexity index is 430. The van der Waals surface area contributed by atoms with Gasteiger partial charge in [-0.2, -0.15) is 0 Å². The van der Waals surface area contributed by atoms with Gasteiger partial charge in [-0.3, -0.25) is 4.90 Å². The van der Waals surface area contributed by atoms with E-state index in [1.54, 1.807) is 6.07 Å². The maximum atomic E-state index is 9.31. The standard InChI is InChI=1S/C13H21N3O2/c1-13(2,9-17)16(3)8-10-5-4-6-11(7-10)12(14)15-18/h4-7,17-18H,8-9H2,1-3H3,(H2,14,15). The molecule has 0 amide bonds. The number of nitrogens with zero attached hydrogens (tertiary/aromatic N) is 2. The lowest BCUT2D eigenvalue weighted by Crippen LogP contribution is -2.43. The molecule has 0 saturated heterocycles. The van der Waals surface area contributed by atoms with Crippen LogP contribution in [-0.4, -0.2) is 40.2 Å². The van der Waals surface area contributed by atoms with Crippen LogP contribution in [0.1, 0.15) is 25.0 Å². The lowest BCUT2D eigenvalue weighted by molar-refractivity contribution is 0.0734. The van der Waals surface area contributed by atoms with Crippen molar-refractivity contribution in [3.8, 4) is 0 Å². The minimum atomic E-state index is -0.285. The number of benzene rings is 1. The van der Waals surface area contributed by atoms with Crippen molar-refractivity contribution in [2.75, 3.05) is 13.7 Å². The summed E-state index contributed by atoms with van der Waals surface area (Å²) in [6.45, 7) is 4.71. The van der Waals surface area contributed by atoms with Gasteiger partial charge in [0, 0.05) is 17.6 Å². The highest BCUT2D eigenvalue weighted by Crippen LogP contribution is 2.15. The van der Waals surface area contributed by atoms with Crippen molar-refractivity contribution in [3.63, 3.8) is 0 Å². The topological polar surface area (TPSA) is 82.1 Å². The Hall–Kier alpha value is -1.59. The molecule has 4 N–H and O–H groups in total. The first-order valence-corrected chi connectivity index (χ1v) is 5.79. The predicted molar refractivity (Wildman–Crippen MR) is 71.6 cm³/mol. The molecule has 5 nitrogen and oxygen atoms in total. The molecule has 0 radical (unpaired) electrons. The predicted octanol–water partition coefficient (Wildman–Crippen LogP) is 0.984. The molecule has 0 fully saturated rings. The van der Waals surface area contributed by atoms with Crippen LogP contribution >= 0.6 is 0 Å². The number of nitrogens with two attached hydrogens (primary N) is 1. The Balaban J connectivity index is 2.86. The number of aliphatic hydroxyl groups is 1. The van der Waals surface area contributed by atoms with Crippen LogP contribution in [-0.2, 0) is 6.54 Å². The highest BCUT2D eigenvalue weighted by atomic mass is 16.4. The van der Waals surface area contributed by atoms with E-state index in [4.69, 9.17) is 10.9 Å². The average Bonchev–Trinajstić information content (AvgIpc) is 2.38. The third kappa shape index (κ3) is 3.45. The van der Waals surface area contributed by atoms with Gasteiger partial charge < -0.3 is 16.0 Å². The molecule has 18 heavy (non-hydrogen) atoms. The number of aliphatic hydroxyl groups excluding tert-OH is 1. The van der Waals surface area contributed by atoms with E-state index >= 15 is 0 Å². The zero-order valence-electron chi connectivity index (χ0n) is 11.1. The molecule has 5 heteroatoms. The summed E-state index contributed by atoms with van der Waals surface area (Å²) in [5, 5.41) is 20.9. The molecule has 0 unspecified atom stereocenters. The van der Waals surface area contributed by atoms with E-state index in [0.29, 0.717) is 12.1 Å². The lowest BCUT2D eigenvalue weighted by Gasteiger charge is -2.33. The third-order valence-corrected chi connectivity index (χ3v) is 3.17. The first-order chi connectivity index (χ1) is 8.40. The molecule has 1 rings (SSSR count). The van der Waals surface area contributed by atoms with Crippen molar-refractivity contribution in [1.29, 1.82) is 0 Å². The summed E-state index contributed by atoms with van der Waals surface area (Å²) in [5.41, 5.74) is 7.00. The Morgan fingerprint density at radius 2 is 2.11 bits per heavy atom. The van der Waals surface area contributed by atoms with Gasteiger partial charge in [-0.15, -0.1) is 0 Å². The van der Waals surface area contributed by atoms with Crippen molar-refractivity contribution in [2.45, 2.75) is 25.9 Å². The Morgan fingerprint density at radius 1 is 1.44 bits per heavy atom. The van der Waals surface area contributed by atoms with Crippen LogP contribution in [0.25, 0.3) is 0 Å².